The fourth-order valence-electron chi connectivity index (χ4n) is 2.33. The number of benzene rings is 2. The highest BCUT2D eigenvalue weighted by Gasteiger charge is 2.06. The zero-order chi connectivity index (χ0) is 20.2. The van der Waals surface area contributed by atoms with Gasteiger partial charge in [0, 0.05) is 18.7 Å². The van der Waals surface area contributed by atoms with E-state index in [1.807, 2.05) is 67.5 Å². The Morgan fingerprint density at radius 1 is 1.04 bits per heavy atom. The van der Waals surface area contributed by atoms with E-state index in [0.717, 1.165) is 23.2 Å². The summed E-state index contributed by atoms with van der Waals surface area (Å²) in [5.41, 5.74) is 8.77. The minimum atomic E-state index is -0.340. The minimum absolute atomic E-state index is 0.0693. The van der Waals surface area contributed by atoms with Gasteiger partial charge in [0.05, 0.1) is 6.42 Å². The fourth-order valence-corrected chi connectivity index (χ4v) is 2.33. The van der Waals surface area contributed by atoms with E-state index >= 15 is 0 Å². The molecule has 0 aliphatic rings. The van der Waals surface area contributed by atoms with Crippen molar-refractivity contribution >= 4 is 18.3 Å². The molecule has 0 aliphatic heterocycles. The number of rotatable bonds is 7. The second-order valence-electron chi connectivity index (χ2n) is 6.08. The van der Waals surface area contributed by atoms with Crippen molar-refractivity contribution in [1.29, 1.82) is 0 Å². The number of primary amides is 1. The summed E-state index contributed by atoms with van der Waals surface area (Å²) < 4.78 is 0. The van der Waals surface area contributed by atoms with Crippen molar-refractivity contribution in [2.75, 3.05) is 27.2 Å². The predicted molar refractivity (Wildman–Crippen MR) is 104 cm³/mol. The summed E-state index contributed by atoms with van der Waals surface area (Å²) >= 11 is 0. The largest absolute Gasteiger partial charge is 0.483 e. The van der Waals surface area contributed by atoms with E-state index in [4.69, 9.17) is 15.6 Å². The van der Waals surface area contributed by atoms with E-state index in [9.17, 15) is 9.59 Å². The number of hydrogen-bond donors (Lipinski definition) is 3. The molecule has 0 spiro atoms. The summed E-state index contributed by atoms with van der Waals surface area (Å²) in [5, 5.41) is 9.78. The number of carbonyl (C=O) groups is 3. The topological polar surface area (TPSA) is 113 Å². The maximum absolute atomic E-state index is 12.0. The lowest BCUT2D eigenvalue weighted by molar-refractivity contribution is -0.123. The monoisotopic (exact) mass is 371 g/mol. The molecule has 27 heavy (non-hydrogen) atoms. The van der Waals surface area contributed by atoms with Gasteiger partial charge in [-0.2, -0.15) is 0 Å². The van der Waals surface area contributed by atoms with Gasteiger partial charge in [-0.1, -0.05) is 36.4 Å². The van der Waals surface area contributed by atoms with Gasteiger partial charge in [0.2, 0.25) is 5.91 Å². The Morgan fingerprint density at radius 3 is 1.96 bits per heavy atom. The van der Waals surface area contributed by atoms with E-state index < -0.39 is 0 Å². The van der Waals surface area contributed by atoms with Crippen LogP contribution in [-0.2, 0) is 16.0 Å². The van der Waals surface area contributed by atoms with Crippen LogP contribution in [0.1, 0.15) is 15.9 Å². The Labute approximate surface area is 158 Å². The SMILES string of the molecule is CN(C)CCNC(=O)c1ccc(-c2ccc(CC(N)=O)cc2)cc1.O=CO. The van der Waals surface area contributed by atoms with Gasteiger partial charge in [0.1, 0.15) is 0 Å². The van der Waals surface area contributed by atoms with Crippen LogP contribution >= 0.6 is 0 Å². The van der Waals surface area contributed by atoms with E-state index in [1.165, 1.54) is 0 Å². The van der Waals surface area contributed by atoms with Crippen molar-refractivity contribution in [3.8, 4) is 11.1 Å². The number of carboxylic acid groups (broad SMARTS) is 1. The van der Waals surface area contributed by atoms with Gasteiger partial charge in [-0.25, -0.2) is 0 Å². The van der Waals surface area contributed by atoms with Crippen LogP contribution in [0.5, 0.6) is 0 Å². The van der Waals surface area contributed by atoms with Crippen molar-refractivity contribution in [1.82, 2.24) is 10.2 Å². The first-order valence-corrected chi connectivity index (χ1v) is 8.35. The summed E-state index contributed by atoms with van der Waals surface area (Å²) in [6, 6.07) is 15.2. The van der Waals surface area contributed by atoms with Crippen molar-refractivity contribution in [2.45, 2.75) is 6.42 Å². The highest BCUT2D eigenvalue weighted by atomic mass is 16.3. The highest BCUT2D eigenvalue weighted by molar-refractivity contribution is 5.94. The van der Waals surface area contributed by atoms with Gasteiger partial charge >= 0.3 is 0 Å². The van der Waals surface area contributed by atoms with Crippen LogP contribution in [0.15, 0.2) is 48.5 Å². The van der Waals surface area contributed by atoms with Crippen LogP contribution in [0.4, 0.5) is 0 Å². The second kappa shape index (κ2) is 11.4. The molecule has 0 aromatic heterocycles. The van der Waals surface area contributed by atoms with E-state index in [-0.39, 0.29) is 24.7 Å². The molecule has 2 aromatic rings. The fraction of sp³-hybridized carbons (Fsp3) is 0.250. The summed E-state index contributed by atoms with van der Waals surface area (Å²) in [7, 11) is 3.94. The van der Waals surface area contributed by atoms with Crippen molar-refractivity contribution in [3.05, 3.63) is 59.7 Å². The van der Waals surface area contributed by atoms with Crippen LogP contribution in [0.2, 0.25) is 0 Å². The lowest BCUT2D eigenvalue weighted by Gasteiger charge is -2.10. The molecule has 7 nitrogen and oxygen atoms in total. The van der Waals surface area contributed by atoms with Gasteiger partial charge in [0.15, 0.2) is 0 Å². The smallest absolute Gasteiger partial charge is 0.290 e. The number of amides is 2. The third kappa shape index (κ3) is 8.15. The van der Waals surface area contributed by atoms with Crippen molar-refractivity contribution in [2.24, 2.45) is 5.73 Å². The molecule has 0 bridgehead atoms. The number of nitrogens with zero attached hydrogens (tertiary/aromatic N) is 1. The standard InChI is InChI=1S/C19H23N3O2.CH2O2/c1-22(2)12-11-21-19(24)17-9-7-16(8-10-17)15-5-3-14(4-6-15)13-18(20)23;2-1-3/h3-10H,11-13H2,1-2H3,(H2,20,23)(H,21,24);1H,(H,2,3). The van der Waals surface area contributed by atoms with E-state index in [2.05, 4.69) is 5.32 Å². The van der Waals surface area contributed by atoms with Crippen molar-refractivity contribution in [3.63, 3.8) is 0 Å². The molecule has 4 N–H and O–H groups in total. The molecule has 0 atom stereocenters. The molecule has 0 saturated carbocycles. The molecule has 2 aromatic carbocycles. The van der Waals surface area contributed by atoms with E-state index in [0.29, 0.717) is 12.1 Å². The number of nitrogens with two attached hydrogens (primary N) is 1. The molecule has 2 amide bonds. The Hall–Kier alpha value is -3.19. The Kier molecular flexibility index (Phi) is 9.25. The molecule has 0 saturated heterocycles. The molecule has 0 heterocycles. The van der Waals surface area contributed by atoms with Gasteiger partial charge in [0.25, 0.3) is 12.4 Å². The summed E-state index contributed by atoms with van der Waals surface area (Å²) in [5.74, 6) is -0.410. The van der Waals surface area contributed by atoms with Gasteiger partial charge in [-0.3, -0.25) is 14.4 Å². The van der Waals surface area contributed by atoms with Gasteiger partial charge < -0.3 is 21.1 Å². The maximum Gasteiger partial charge on any atom is 0.290 e. The predicted octanol–water partition coefficient (Wildman–Crippen LogP) is 1.37. The Morgan fingerprint density at radius 2 is 1.52 bits per heavy atom. The molecular formula is C20H25N3O4. The minimum Gasteiger partial charge on any atom is -0.483 e. The molecular weight excluding hydrogens is 346 g/mol. The molecule has 0 fully saturated rings. The average Bonchev–Trinajstić information content (AvgIpc) is 2.62. The van der Waals surface area contributed by atoms with Crippen LogP contribution in [0, 0.1) is 0 Å². The molecule has 2 rings (SSSR count). The number of hydrogen-bond acceptors (Lipinski definition) is 4. The van der Waals surface area contributed by atoms with Crippen LogP contribution in [0.25, 0.3) is 11.1 Å². The summed E-state index contributed by atoms with van der Waals surface area (Å²) in [6.07, 6.45) is 0.242. The Bertz CT molecular complexity index is 741. The third-order valence-electron chi connectivity index (χ3n) is 3.66. The molecule has 7 heteroatoms. The average molecular weight is 371 g/mol. The number of carbonyl (C=O) groups excluding carboxylic acids is 2. The lowest BCUT2D eigenvalue weighted by atomic mass is 10.0. The first-order chi connectivity index (χ1) is 12.9. The quantitative estimate of drug-likeness (QED) is 0.637. The van der Waals surface area contributed by atoms with Gasteiger partial charge in [-0.15, -0.1) is 0 Å². The lowest BCUT2D eigenvalue weighted by Crippen LogP contribution is -2.31. The summed E-state index contributed by atoms with van der Waals surface area (Å²) in [6.45, 7) is 1.18. The first-order valence-electron chi connectivity index (χ1n) is 8.35. The number of likely N-dealkylation sites (N-methyl/N-ethyl adjacent to an activating group) is 1. The second-order valence-corrected chi connectivity index (χ2v) is 6.08. The number of nitrogens with one attached hydrogen (secondary N) is 1. The van der Waals surface area contributed by atoms with Gasteiger partial charge in [-0.05, 0) is 42.9 Å². The molecule has 0 radical (unpaired) electrons. The van der Waals surface area contributed by atoms with Crippen molar-refractivity contribution < 1.29 is 19.5 Å². The van der Waals surface area contributed by atoms with Crippen LogP contribution in [0.3, 0.4) is 0 Å². The van der Waals surface area contributed by atoms with Crippen LogP contribution < -0.4 is 11.1 Å². The highest BCUT2D eigenvalue weighted by Crippen LogP contribution is 2.20. The zero-order valence-corrected chi connectivity index (χ0v) is 15.5. The molecule has 0 aliphatic carbocycles. The third-order valence-corrected chi connectivity index (χ3v) is 3.66. The maximum atomic E-state index is 12.0. The van der Waals surface area contributed by atoms with Crippen LogP contribution in [-0.4, -0.2) is 55.5 Å². The normalized spacial score (nSPS) is 9.89. The first kappa shape index (κ1) is 21.9. The Balaban J connectivity index is 0.00000114. The summed E-state index contributed by atoms with van der Waals surface area (Å²) in [4.78, 5) is 33.3. The van der Waals surface area contributed by atoms with E-state index in [1.54, 1.807) is 0 Å². The molecule has 0 unspecified atom stereocenters. The molecule has 144 valence electrons. The zero-order valence-electron chi connectivity index (χ0n) is 15.5.